The number of nitrogens with one attached hydrogen (secondary N) is 1. The largest absolute Gasteiger partial charge is 0.465 e. The summed E-state index contributed by atoms with van der Waals surface area (Å²) in [5.41, 5.74) is 1.24. The summed E-state index contributed by atoms with van der Waals surface area (Å²) < 4.78 is 4.66. The fourth-order valence-electron chi connectivity index (χ4n) is 1.25. The first-order valence-corrected chi connectivity index (χ1v) is 6.48. The highest BCUT2D eigenvalue weighted by Gasteiger charge is 2.05. The lowest BCUT2D eigenvalue weighted by molar-refractivity contribution is 0.0601. The summed E-state index contributed by atoms with van der Waals surface area (Å²) in [6, 6.07) is 7.05. The third-order valence-electron chi connectivity index (χ3n) is 2.02. The Labute approximate surface area is 105 Å². The molecular formula is C12H16N2O2S. The molecule has 1 rings (SSSR count). The van der Waals surface area contributed by atoms with Crippen molar-refractivity contribution in [3.8, 4) is 0 Å². The second-order valence-electron chi connectivity index (χ2n) is 3.19. The number of aliphatic imine (C=N–C) groups is 1. The van der Waals surface area contributed by atoms with Crippen LogP contribution < -0.4 is 5.32 Å². The van der Waals surface area contributed by atoms with Crippen LogP contribution in [0.15, 0.2) is 29.3 Å². The number of carbonyl (C=O) groups excluding carboxylic acids is 1. The molecule has 4 nitrogen and oxygen atoms in total. The minimum atomic E-state index is -0.351. The van der Waals surface area contributed by atoms with Gasteiger partial charge in [0.15, 0.2) is 5.17 Å². The molecular weight excluding hydrogens is 236 g/mol. The van der Waals surface area contributed by atoms with Gasteiger partial charge in [-0.05, 0) is 31.4 Å². The minimum Gasteiger partial charge on any atom is -0.465 e. The second kappa shape index (κ2) is 6.96. The highest BCUT2D eigenvalue weighted by atomic mass is 32.2. The number of rotatable bonds is 3. The van der Waals surface area contributed by atoms with E-state index >= 15 is 0 Å². The number of methoxy groups -OCH3 is 1. The molecule has 0 unspecified atom stereocenters. The molecule has 0 spiro atoms. The van der Waals surface area contributed by atoms with Gasteiger partial charge in [-0.25, -0.2) is 9.79 Å². The predicted molar refractivity (Wildman–Crippen MR) is 72.1 cm³/mol. The maximum Gasteiger partial charge on any atom is 0.337 e. The van der Waals surface area contributed by atoms with E-state index in [9.17, 15) is 4.79 Å². The van der Waals surface area contributed by atoms with Crippen molar-refractivity contribution in [3.63, 3.8) is 0 Å². The average molecular weight is 252 g/mol. The molecule has 0 bridgehead atoms. The van der Waals surface area contributed by atoms with Gasteiger partial charge in [-0.2, -0.15) is 0 Å². The number of hydrogen-bond donors (Lipinski definition) is 1. The van der Waals surface area contributed by atoms with Crippen LogP contribution in [0.5, 0.6) is 0 Å². The number of nitrogens with zero attached hydrogens (tertiary/aromatic N) is 1. The summed E-state index contributed by atoms with van der Waals surface area (Å²) >= 11 is 1.53. The fraction of sp³-hybridized carbons (Fsp3) is 0.333. The minimum absolute atomic E-state index is 0.351. The van der Waals surface area contributed by atoms with Crippen LogP contribution in [0.4, 0.5) is 5.69 Å². The van der Waals surface area contributed by atoms with Crippen LogP contribution in [0.1, 0.15) is 17.3 Å². The quantitative estimate of drug-likeness (QED) is 0.510. The summed E-state index contributed by atoms with van der Waals surface area (Å²) in [5.74, 6) is -0.351. The summed E-state index contributed by atoms with van der Waals surface area (Å²) in [6.45, 7) is 2.83. The molecule has 0 aliphatic heterocycles. The molecule has 0 saturated carbocycles. The van der Waals surface area contributed by atoms with Crippen molar-refractivity contribution in [3.05, 3.63) is 29.8 Å². The number of amidine groups is 1. The van der Waals surface area contributed by atoms with E-state index in [1.165, 1.54) is 18.9 Å². The highest BCUT2D eigenvalue weighted by Crippen LogP contribution is 2.16. The molecule has 0 aliphatic rings. The predicted octanol–water partition coefficient (Wildman–Crippen LogP) is 2.43. The monoisotopic (exact) mass is 252 g/mol. The molecule has 92 valence electrons. The molecule has 0 saturated heterocycles. The number of carbonyl (C=O) groups is 1. The third kappa shape index (κ3) is 4.11. The maximum atomic E-state index is 11.4. The van der Waals surface area contributed by atoms with Crippen LogP contribution in [-0.2, 0) is 4.74 Å². The zero-order valence-electron chi connectivity index (χ0n) is 10.2. The normalized spacial score (nSPS) is 11.1. The lowest BCUT2D eigenvalue weighted by atomic mass is 10.2. The van der Waals surface area contributed by atoms with E-state index in [-0.39, 0.29) is 5.97 Å². The molecule has 0 heterocycles. The Hall–Kier alpha value is -1.49. The molecule has 1 N–H and O–H groups in total. The van der Waals surface area contributed by atoms with Crippen molar-refractivity contribution >= 4 is 28.6 Å². The zero-order valence-corrected chi connectivity index (χ0v) is 11.0. The first-order valence-electron chi connectivity index (χ1n) is 5.26. The van der Waals surface area contributed by atoms with Crippen LogP contribution in [-0.4, -0.2) is 31.0 Å². The van der Waals surface area contributed by atoms with Crippen LogP contribution >= 0.6 is 11.8 Å². The Morgan fingerprint density at radius 1 is 1.53 bits per heavy atom. The smallest absolute Gasteiger partial charge is 0.337 e. The van der Waals surface area contributed by atoms with E-state index in [0.29, 0.717) is 5.56 Å². The highest BCUT2D eigenvalue weighted by molar-refractivity contribution is 8.13. The first-order chi connectivity index (χ1) is 8.21. The number of thioether (sulfide) groups is 1. The van der Waals surface area contributed by atoms with Crippen molar-refractivity contribution in [2.75, 3.05) is 19.9 Å². The van der Waals surface area contributed by atoms with Crippen molar-refractivity contribution in [1.82, 2.24) is 5.32 Å². The molecule has 0 aliphatic carbocycles. The maximum absolute atomic E-state index is 11.4. The van der Waals surface area contributed by atoms with Gasteiger partial charge in [-0.15, -0.1) is 0 Å². The van der Waals surface area contributed by atoms with E-state index in [4.69, 9.17) is 0 Å². The van der Waals surface area contributed by atoms with Crippen LogP contribution in [0.25, 0.3) is 0 Å². The summed E-state index contributed by atoms with van der Waals surface area (Å²) in [5, 5.41) is 3.97. The number of hydrogen-bond acceptors (Lipinski definition) is 4. The summed E-state index contributed by atoms with van der Waals surface area (Å²) in [4.78, 5) is 15.8. The van der Waals surface area contributed by atoms with Crippen molar-refractivity contribution in [2.45, 2.75) is 6.92 Å². The Kier molecular flexibility index (Phi) is 5.56. The van der Waals surface area contributed by atoms with Gasteiger partial charge in [0.05, 0.1) is 18.4 Å². The van der Waals surface area contributed by atoms with Gasteiger partial charge in [-0.3, -0.25) is 0 Å². The Bertz CT molecular complexity index is 419. The van der Waals surface area contributed by atoms with Gasteiger partial charge in [-0.1, -0.05) is 17.8 Å². The lowest BCUT2D eigenvalue weighted by Crippen LogP contribution is -2.18. The Morgan fingerprint density at radius 3 is 2.88 bits per heavy atom. The van der Waals surface area contributed by atoms with E-state index in [1.807, 2.05) is 19.2 Å². The molecule has 0 radical (unpaired) electrons. The molecule has 5 heteroatoms. The van der Waals surface area contributed by atoms with E-state index in [1.54, 1.807) is 18.2 Å². The van der Waals surface area contributed by atoms with Gasteiger partial charge >= 0.3 is 5.97 Å². The molecule has 1 aromatic rings. The van der Waals surface area contributed by atoms with E-state index in [2.05, 4.69) is 15.0 Å². The SMILES string of the molecule is CCN/C(=N/c1cccc(C(=O)OC)c1)SC. The summed E-state index contributed by atoms with van der Waals surface area (Å²) in [7, 11) is 1.37. The van der Waals surface area contributed by atoms with Crippen LogP contribution in [0, 0.1) is 0 Å². The van der Waals surface area contributed by atoms with Crippen molar-refractivity contribution in [1.29, 1.82) is 0 Å². The van der Waals surface area contributed by atoms with Crippen molar-refractivity contribution < 1.29 is 9.53 Å². The molecule has 0 atom stereocenters. The van der Waals surface area contributed by atoms with Crippen LogP contribution in [0.2, 0.25) is 0 Å². The third-order valence-corrected chi connectivity index (χ3v) is 2.64. The Morgan fingerprint density at radius 2 is 2.29 bits per heavy atom. The van der Waals surface area contributed by atoms with Gasteiger partial charge in [0, 0.05) is 6.54 Å². The molecule has 0 fully saturated rings. The molecule has 1 aromatic carbocycles. The van der Waals surface area contributed by atoms with Gasteiger partial charge in [0.2, 0.25) is 0 Å². The number of ether oxygens (including phenoxy) is 1. The molecule has 0 amide bonds. The van der Waals surface area contributed by atoms with Gasteiger partial charge in [0.1, 0.15) is 0 Å². The van der Waals surface area contributed by atoms with Crippen LogP contribution in [0.3, 0.4) is 0 Å². The van der Waals surface area contributed by atoms with Crippen molar-refractivity contribution in [2.24, 2.45) is 4.99 Å². The van der Waals surface area contributed by atoms with Gasteiger partial charge in [0.25, 0.3) is 0 Å². The average Bonchev–Trinajstić information content (AvgIpc) is 2.37. The molecule has 0 aromatic heterocycles. The fourth-order valence-corrected chi connectivity index (χ4v) is 1.73. The van der Waals surface area contributed by atoms with Gasteiger partial charge < -0.3 is 10.1 Å². The topological polar surface area (TPSA) is 50.7 Å². The lowest BCUT2D eigenvalue weighted by Gasteiger charge is -2.05. The first kappa shape index (κ1) is 13.6. The molecule has 17 heavy (non-hydrogen) atoms. The number of esters is 1. The number of benzene rings is 1. The Balaban J connectivity index is 2.94. The summed E-state index contributed by atoms with van der Waals surface area (Å²) in [6.07, 6.45) is 1.95. The van der Waals surface area contributed by atoms with E-state index in [0.717, 1.165) is 17.4 Å². The second-order valence-corrected chi connectivity index (χ2v) is 3.99. The zero-order chi connectivity index (χ0) is 12.7. The standard InChI is InChI=1S/C12H16N2O2S/c1-4-13-12(17-3)14-10-7-5-6-9(8-10)11(15)16-2/h5-8H,4H2,1-3H3,(H,13,14). The van der Waals surface area contributed by atoms with E-state index < -0.39 is 0 Å².